The van der Waals surface area contributed by atoms with Gasteiger partial charge in [-0.2, -0.15) is 13.2 Å². The van der Waals surface area contributed by atoms with Gasteiger partial charge in [0.1, 0.15) is 11.4 Å². The Morgan fingerprint density at radius 2 is 1.96 bits per heavy atom. The van der Waals surface area contributed by atoms with E-state index in [1.165, 1.54) is 18.3 Å². The largest absolute Gasteiger partial charge is 0.470 e. The standard InChI is InChI=1S/C13H13F3N4O3/c1-12(2,3)23-11(21)18-8-6-7(4-5-17-8)9-19-20-10(22-9)13(14,15)16/h4-6H,1-3H3,(H,17,18,21). The summed E-state index contributed by atoms with van der Waals surface area (Å²) >= 11 is 0. The summed E-state index contributed by atoms with van der Waals surface area (Å²) in [7, 11) is 0. The van der Waals surface area contributed by atoms with Gasteiger partial charge >= 0.3 is 18.2 Å². The van der Waals surface area contributed by atoms with Crippen molar-refractivity contribution in [2.24, 2.45) is 0 Å². The Balaban J connectivity index is 2.17. The van der Waals surface area contributed by atoms with E-state index >= 15 is 0 Å². The van der Waals surface area contributed by atoms with Gasteiger partial charge in [0.05, 0.1) is 0 Å². The van der Waals surface area contributed by atoms with Crippen molar-refractivity contribution in [2.45, 2.75) is 32.5 Å². The van der Waals surface area contributed by atoms with E-state index in [-0.39, 0.29) is 17.3 Å². The Labute approximate surface area is 128 Å². The fraction of sp³-hybridized carbons (Fsp3) is 0.385. The zero-order valence-electron chi connectivity index (χ0n) is 12.4. The molecule has 2 heterocycles. The lowest BCUT2D eigenvalue weighted by Crippen LogP contribution is -2.27. The quantitative estimate of drug-likeness (QED) is 0.906. The van der Waals surface area contributed by atoms with Crippen molar-refractivity contribution in [1.29, 1.82) is 0 Å². The number of anilines is 1. The molecule has 0 aliphatic heterocycles. The van der Waals surface area contributed by atoms with E-state index in [4.69, 9.17) is 4.74 Å². The summed E-state index contributed by atoms with van der Waals surface area (Å²) in [6.07, 6.45) is -4.20. The average Bonchev–Trinajstić information content (AvgIpc) is 2.85. The van der Waals surface area contributed by atoms with E-state index < -0.39 is 23.8 Å². The molecule has 0 radical (unpaired) electrons. The lowest BCUT2D eigenvalue weighted by Gasteiger charge is -2.19. The van der Waals surface area contributed by atoms with Gasteiger partial charge in [-0.15, -0.1) is 10.2 Å². The first-order valence-corrected chi connectivity index (χ1v) is 6.42. The van der Waals surface area contributed by atoms with Gasteiger partial charge in [0, 0.05) is 11.8 Å². The average molecular weight is 330 g/mol. The molecule has 0 saturated carbocycles. The van der Waals surface area contributed by atoms with Crippen LogP contribution in [0.1, 0.15) is 26.7 Å². The minimum Gasteiger partial charge on any atom is -0.444 e. The fourth-order valence-electron chi connectivity index (χ4n) is 1.49. The van der Waals surface area contributed by atoms with Gasteiger partial charge in [0.15, 0.2) is 0 Å². The van der Waals surface area contributed by atoms with Crippen LogP contribution >= 0.6 is 0 Å². The summed E-state index contributed by atoms with van der Waals surface area (Å²) < 4.78 is 46.9. The highest BCUT2D eigenvalue weighted by molar-refractivity contribution is 5.84. The summed E-state index contributed by atoms with van der Waals surface area (Å²) in [6, 6.07) is 2.66. The molecule has 0 aromatic carbocycles. The first kappa shape index (κ1) is 16.7. The highest BCUT2D eigenvalue weighted by Crippen LogP contribution is 2.30. The molecule has 1 N–H and O–H groups in total. The number of nitrogens with one attached hydrogen (secondary N) is 1. The molecule has 0 unspecified atom stereocenters. The number of carbonyl (C=O) groups excluding carboxylic acids is 1. The van der Waals surface area contributed by atoms with E-state index in [9.17, 15) is 18.0 Å². The number of hydrogen-bond acceptors (Lipinski definition) is 6. The van der Waals surface area contributed by atoms with Crippen LogP contribution in [0.25, 0.3) is 11.5 Å². The molecule has 2 aromatic heterocycles. The highest BCUT2D eigenvalue weighted by atomic mass is 19.4. The van der Waals surface area contributed by atoms with Gasteiger partial charge in [0.25, 0.3) is 0 Å². The SMILES string of the molecule is CC(C)(C)OC(=O)Nc1cc(-c2nnc(C(F)(F)F)o2)ccn1. The minimum atomic E-state index is -4.73. The van der Waals surface area contributed by atoms with Crippen molar-refractivity contribution >= 4 is 11.9 Å². The Kier molecular flexibility index (Phi) is 4.26. The van der Waals surface area contributed by atoms with Crippen molar-refractivity contribution in [3.05, 3.63) is 24.2 Å². The third-order valence-corrected chi connectivity index (χ3v) is 2.30. The Morgan fingerprint density at radius 1 is 1.26 bits per heavy atom. The van der Waals surface area contributed by atoms with E-state index in [2.05, 4.69) is 24.9 Å². The number of carbonyl (C=O) groups is 1. The number of ether oxygens (including phenoxy) is 1. The molecule has 0 bridgehead atoms. The van der Waals surface area contributed by atoms with Crippen LogP contribution in [-0.2, 0) is 10.9 Å². The van der Waals surface area contributed by atoms with Crippen molar-refractivity contribution in [1.82, 2.24) is 15.2 Å². The van der Waals surface area contributed by atoms with Gasteiger partial charge in [-0.3, -0.25) is 5.32 Å². The second-order valence-electron chi connectivity index (χ2n) is 5.47. The van der Waals surface area contributed by atoms with Crippen LogP contribution < -0.4 is 5.32 Å². The van der Waals surface area contributed by atoms with Crippen molar-refractivity contribution in [3.8, 4) is 11.5 Å². The molecule has 0 aliphatic carbocycles. The normalized spacial score (nSPS) is 12.1. The maximum atomic E-state index is 12.4. The van der Waals surface area contributed by atoms with Crippen LogP contribution in [0.4, 0.5) is 23.8 Å². The minimum absolute atomic E-state index is 0.0727. The van der Waals surface area contributed by atoms with Crippen LogP contribution in [0.15, 0.2) is 22.7 Å². The zero-order valence-corrected chi connectivity index (χ0v) is 12.4. The van der Waals surface area contributed by atoms with Crippen molar-refractivity contribution in [2.75, 3.05) is 5.32 Å². The molecular formula is C13H13F3N4O3. The first-order valence-electron chi connectivity index (χ1n) is 6.42. The predicted octanol–water partition coefficient (Wildman–Crippen LogP) is 3.50. The van der Waals surface area contributed by atoms with Crippen LogP contribution in [0.3, 0.4) is 0 Å². The molecular weight excluding hydrogens is 317 g/mol. The molecule has 0 fully saturated rings. The first-order chi connectivity index (χ1) is 10.5. The lowest BCUT2D eigenvalue weighted by atomic mass is 10.2. The van der Waals surface area contributed by atoms with Gasteiger partial charge in [-0.25, -0.2) is 9.78 Å². The monoisotopic (exact) mass is 330 g/mol. The molecule has 2 rings (SSSR count). The summed E-state index contributed by atoms with van der Waals surface area (Å²) in [5.41, 5.74) is -0.524. The van der Waals surface area contributed by atoms with Gasteiger partial charge in [-0.1, -0.05) is 0 Å². The Bertz CT molecular complexity index is 707. The van der Waals surface area contributed by atoms with Gasteiger partial charge in [0.2, 0.25) is 5.89 Å². The second-order valence-corrected chi connectivity index (χ2v) is 5.47. The van der Waals surface area contributed by atoms with Crippen molar-refractivity contribution in [3.63, 3.8) is 0 Å². The number of rotatable bonds is 2. The molecule has 0 spiro atoms. The number of hydrogen-bond donors (Lipinski definition) is 1. The third-order valence-electron chi connectivity index (χ3n) is 2.30. The van der Waals surface area contributed by atoms with Gasteiger partial charge in [-0.05, 0) is 32.9 Å². The molecule has 10 heteroatoms. The molecule has 7 nitrogen and oxygen atoms in total. The molecule has 0 aliphatic rings. The Morgan fingerprint density at radius 3 is 2.52 bits per heavy atom. The predicted molar refractivity (Wildman–Crippen MR) is 72.4 cm³/mol. The summed E-state index contributed by atoms with van der Waals surface area (Å²) in [6.45, 7) is 5.06. The van der Waals surface area contributed by atoms with Crippen LogP contribution in [0, 0.1) is 0 Å². The number of amides is 1. The number of aromatic nitrogens is 3. The molecule has 1 amide bonds. The van der Waals surface area contributed by atoms with E-state index in [0.29, 0.717) is 0 Å². The van der Waals surface area contributed by atoms with Crippen LogP contribution in [-0.4, -0.2) is 26.9 Å². The van der Waals surface area contributed by atoms with E-state index in [1.54, 1.807) is 20.8 Å². The smallest absolute Gasteiger partial charge is 0.444 e. The molecule has 124 valence electrons. The number of pyridine rings is 1. The maximum Gasteiger partial charge on any atom is 0.470 e. The Hall–Kier alpha value is -2.65. The van der Waals surface area contributed by atoms with Crippen molar-refractivity contribution < 1.29 is 27.1 Å². The molecule has 2 aromatic rings. The topological polar surface area (TPSA) is 90.1 Å². The van der Waals surface area contributed by atoms with Crippen LogP contribution in [0.5, 0.6) is 0 Å². The fourth-order valence-corrected chi connectivity index (χ4v) is 1.49. The van der Waals surface area contributed by atoms with E-state index in [1.807, 2.05) is 0 Å². The molecule has 23 heavy (non-hydrogen) atoms. The summed E-state index contributed by atoms with van der Waals surface area (Å²) in [5, 5.41) is 8.61. The lowest BCUT2D eigenvalue weighted by molar-refractivity contribution is -0.156. The number of nitrogens with zero attached hydrogens (tertiary/aromatic N) is 3. The van der Waals surface area contributed by atoms with E-state index in [0.717, 1.165) is 0 Å². The van der Waals surface area contributed by atoms with Crippen LogP contribution in [0.2, 0.25) is 0 Å². The maximum absolute atomic E-state index is 12.4. The number of halogens is 3. The zero-order chi connectivity index (χ0) is 17.3. The number of alkyl halides is 3. The summed E-state index contributed by atoms with van der Waals surface area (Å²) in [4.78, 5) is 15.5. The third kappa shape index (κ3) is 4.66. The van der Waals surface area contributed by atoms with Gasteiger partial charge < -0.3 is 9.15 Å². The highest BCUT2D eigenvalue weighted by Gasteiger charge is 2.38. The summed E-state index contributed by atoms with van der Waals surface area (Å²) in [5.74, 6) is -1.72. The second kappa shape index (κ2) is 5.86. The molecule has 0 saturated heterocycles. The molecule has 0 atom stereocenters.